The summed E-state index contributed by atoms with van der Waals surface area (Å²) >= 11 is 0. The van der Waals surface area contributed by atoms with Crippen LogP contribution in [0.5, 0.6) is 0 Å². The summed E-state index contributed by atoms with van der Waals surface area (Å²) in [5, 5.41) is 6.96. The maximum Gasteiger partial charge on any atom is 0.244 e. The van der Waals surface area contributed by atoms with Gasteiger partial charge in [0.15, 0.2) is 5.43 Å². The van der Waals surface area contributed by atoms with Crippen molar-refractivity contribution in [2.75, 3.05) is 10.6 Å². The van der Waals surface area contributed by atoms with E-state index in [4.69, 9.17) is 0 Å². The van der Waals surface area contributed by atoms with Crippen LogP contribution < -0.4 is 16.1 Å². The molecule has 4 aromatic rings. The second-order valence-electron chi connectivity index (χ2n) is 7.84. The zero-order valence-electron chi connectivity index (χ0n) is 16.8. The average molecular weight is 411 g/mol. The minimum atomic E-state index is -0.218. The van der Waals surface area contributed by atoms with Crippen LogP contribution in [0.1, 0.15) is 12.8 Å². The lowest BCUT2D eigenvalue weighted by atomic mass is 10.1. The third kappa shape index (κ3) is 3.80. The number of amides is 2. The third-order valence-electron chi connectivity index (χ3n) is 5.54. The highest BCUT2D eigenvalue weighted by Crippen LogP contribution is 2.30. The number of carbonyl (C=O) groups is 2. The first-order chi connectivity index (χ1) is 15.1. The summed E-state index contributed by atoms with van der Waals surface area (Å²) in [6.45, 7) is 0.0555. The van der Waals surface area contributed by atoms with E-state index in [1.807, 2.05) is 41.0 Å². The Bertz CT molecular complexity index is 1330. The SMILES string of the molecule is O=C(Cn1c2ccccc2c(=O)c2ccccc21)Nc1cccc(NC(=O)C2CC2)c1. The molecule has 2 amide bonds. The number of hydrogen-bond donors (Lipinski definition) is 2. The van der Waals surface area contributed by atoms with Gasteiger partial charge in [0.1, 0.15) is 6.54 Å². The number of carbonyl (C=O) groups excluding carboxylic acids is 2. The van der Waals surface area contributed by atoms with E-state index in [1.54, 1.807) is 36.4 Å². The van der Waals surface area contributed by atoms with Crippen molar-refractivity contribution >= 4 is 45.0 Å². The maximum atomic E-state index is 12.9. The minimum Gasteiger partial charge on any atom is -0.331 e. The molecular formula is C25H21N3O3. The number of nitrogens with one attached hydrogen (secondary N) is 2. The van der Waals surface area contributed by atoms with Crippen LogP contribution in [0, 0.1) is 5.92 Å². The van der Waals surface area contributed by atoms with Gasteiger partial charge in [0, 0.05) is 28.1 Å². The zero-order chi connectivity index (χ0) is 21.4. The molecule has 0 unspecified atom stereocenters. The summed E-state index contributed by atoms with van der Waals surface area (Å²) in [5.41, 5.74) is 2.66. The molecule has 0 radical (unpaired) electrons. The molecule has 0 spiro atoms. The van der Waals surface area contributed by atoms with Crippen molar-refractivity contribution in [1.29, 1.82) is 0 Å². The highest BCUT2D eigenvalue weighted by molar-refractivity contribution is 5.98. The van der Waals surface area contributed by atoms with E-state index in [-0.39, 0.29) is 29.7 Å². The predicted molar refractivity (Wildman–Crippen MR) is 122 cm³/mol. The number of benzene rings is 3. The van der Waals surface area contributed by atoms with Gasteiger partial charge >= 0.3 is 0 Å². The predicted octanol–water partition coefficient (Wildman–Crippen LogP) is 4.14. The number of fused-ring (bicyclic) bond motifs is 2. The van der Waals surface area contributed by atoms with Gasteiger partial charge in [-0.25, -0.2) is 0 Å². The van der Waals surface area contributed by atoms with Gasteiger partial charge in [-0.05, 0) is 55.3 Å². The monoisotopic (exact) mass is 411 g/mol. The molecule has 0 bridgehead atoms. The summed E-state index contributed by atoms with van der Waals surface area (Å²) in [6.07, 6.45) is 1.87. The molecule has 6 heteroatoms. The Morgan fingerprint density at radius 1 is 0.806 bits per heavy atom. The molecule has 0 aliphatic heterocycles. The standard InChI is InChI=1S/C25H21N3O3/c29-23(26-17-6-5-7-18(14-17)27-25(31)16-12-13-16)15-28-21-10-3-1-8-19(21)24(30)20-9-2-4-11-22(20)28/h1-11,14,16H,12-13,15H2,(H,26,29)(H,27,31). The zero-order valence-corrected chi connectivity index (χ0v) is 16.8. The minimum absolute atomic E-state index is 0.0228. The van der Waals surface area contributed by atoms with Gasteiger partial charge in [-0.2, -0.15) is 0 Å². The van der Waals surface area contributed by atoms with Crippen molar-refractivity contribution in [3.8, 4) is 0 Å². The maximum absolute atomic E-state index is 12.9. The fourth-order valence-electron chi connectivity index (χ4n) is 3.86. The van der Waals surface area contributed by atoms with Crippen molar-refractivity contribution < 1.29 is 9.59 Å². The first kappa shape index (κ1) is 19.1. The van der Waals surface area contributed by atoms with E-state index in [0.29, 0.717) is 33.2 Å². The first-order valence-corrected chi connectivity index (χ1v) is 10.3. The Morgan fingerprint density at radius 3 is 2.00 bits per heavy atom. The highest BCUT2D eigenvalue weighted by atomic mass is 16.2. The van der Waals surface area contributed by atoms with Crippen LogP contribution in [0.15, 0.2) is 77.6 Å². The van der Waals surface area contributed by atoms with Crippen LogP contribution in [-0.4, -0.2) is 16.4 Å². The van der Waals surface area contributed by atoms with Crippen LogP contribution in [0.2, 0.25) is 0 Å². The fourth-order valence-corrected chi connectivity index (χ4v) is 3.86. The fraction of sp³-hybridized carbons (Fsp3) is 0.160. The number of anilines is 2. The molecule has 1 fully saturated rings. The molecule has 1 heterocycles. The summed E-state index contributed by atoms with van der Waals surface area (Å²) in [7, 11) is 0. The number of para-hydroxylation sites is 2. The van der Waals surface area contributed by atoms with Gasteiger partial charge in [0.05, 0.1) is 11.0 Å². The largest absolute Gasteiger partial charge is 0.331 e. The van der Waals surface area contributed by atoms with E-state index < -0.39 is 0 Å². The lowest BCUT2D eigenvalue weighted by molar-refractivity contribution is -0.117. The second-order valence-corrected chi connectivity index (χ2v) is 7.84. The molecular weight excluding hydrogens is 390 g/mol. The molecule has 0 atom stereocenters. The number of rotatable bonds is 5. The molecule has 5 rings (SSSR count). The van der Waals surface area contributed by atoms with Crippen molar-refractivity contribution in [2.45, 2.75) is 19.4 Å². The van der Waals surface area contributed by atoms with Crippen LogP contribution in [-0.2, 0) is 16.1 Å². The third-order valence-corrected chi connectivity index (χ3v) is 5.54. The van der Waals surface area contributed by atoms with Crippen LogP contribution in [0.25, 0.3) is 21.8 Å². The number of nitrogens with zero attached hydrogens (tertiary/aromatic N) is 1. The van der Waals surface area contributed by atoms with Crippen LogP contribution >= 0.6 is 0 Å². The van der Waals surface area contributed by atoms with Gasteiger partial charge in [-0.3, -0.25) is 14.4 Å². The Labute approximate surface area is 178 Å². The highest BCUT2D eigenvalue weighted by Gasteiger charge is 2.29. The molecule has 2 N–H and O–H groups in total. The van der Waals surface area contributed by atoms with Crippen molar-refractivity contribution in [1.82, 2.24) is 4.57 Å². The molecule has 6 nitrogen and oxygen atoms in total. The first-order valence-electron chi connectivity index (χ1n) is 10.3. The van der Waals surface area contributed by atoms with Gasteiger partial charge in [0.25, 0.3) is 0 Å². The van der Waals surface area contributed by atoms with Gasteiger partial charge in [0.2, 0.25) is 11.8 Å². The smallest absolute Gasteiger partial charge is 0.244 e. The van der Waals surface area contributed by atoms with Crippen LogP contribution in [0.3, 0.4) is 0 Å². The molecule has 1 saturated carbocycles. The molecule has 1 aliphatic rings. The number of pyridine rings is 1. The molecule has 3 aromatic carbocycles. The van der Waals surface area contributed by atoms with E-state index in [2.05, 4.69) is 10.6 Å². The van der Waals surface area contributed by atoms with Gasteiger partial charge in [-0.1, -0.05) is 30.3 Å². The molecule has 1 aliphatic carbocycles. The van der Waals surface area contributed by atoms with E-state index >= 15 is 0 Å². The Kier molecular flexibility index (Phi) is 4.75. The number of aromatic nitrogens is 1. The molecule has 1 aromatic heterocycles. The lowest BCUT2D eigenvalue weighted by Crippen LogP contribution is -2.21. The van der Waals surface area contributed by atoms with Crippen molar-refractivity contribution in [3.63, 3.8) is 0 Å². The van der Waals surface area contributed by atoms with Crippen molar-refractivity contribution in [2.24, 2.45) is 5.92 Å². The summed E-state index contributed by atoms with van der Waals surface area (Å²) < 4.78 is 1.86. The Morgan fingerprint density at radius 2 is 1.39 bits per heavy atom. The molecule has 0 saturated heterocycles. The van der Waals surface area contributed by atoms with E-state index in [9.17, 15) is 14.4 Å². The molecule has 154 valence electrons. The van der Waals surface area contributed by atoms with Gasteiger partial charge in [-0.15, -0.1) is 0 Å². The Balaban J connectivity index is 1.44. The summed E-state index contributed by atoms with van der Waals surface area (Å²) in [6, 6.07) is 21.8. The molecule has 31 heavy (non-hydrogen) atoms. The quantitative estimate of drug-likeness (QED) is 0.485. The second kappa shape index (κ2) is 7.72. The topological polar surface area (TPSA) is 80.2 Å². The average Bonchev–Trinajstić information content (AvgIpc) is 3.63. The van der Waals surface area contributed by atoms with Crippen LogP contribution in [0.4, 0.5) is 11.4 Å². The summed E-state index contributed by atoms with van der Waals surface area (Å²) in [5.74, 6) is -0.0838. The van der Waals surface area contributed by atoms with E-state index in [0.717, 1.165) is 12.8 Å². The summed E-state index contributed by atoms with van der Waals surface area (Å²) in [4.78, 5) is 37.8. The normalized spacial score (nSPS) is 13.3. The Hall–Kier alpha value is -3.93. The van der Waals surface area contributed by atoms with E-state index in [1.165, 1.54) is 0 Å². The van der Waals surface area contributed by atoms with Crippen molar-refractivity contribution in [3.05, 3.63) is 83.0 Å². The van der Waals surface area contributed by atoms with Gasteiger partial charge < -0.3 is 15.2 Å². The number of hydrogen-bond acceptors (Lipinski definition) is 3. The lowest BCUT2D eigenvalue weighted by Gasteiger charge is -2.15.